The standard InChI is InChI=1S/C14H23N3O/c1-10-5-4-6-12(7-10)9-15-14-16-11(2)8-13(17-14)18-3/h8,10,12H,4-7,9H2,1-3H3,(H,15,16,17). The summed E-state index contributed by atoms with van der Waals surface area (Å²) >= 11 is 0. The quantitative estimate of drug-likeness (QED) is 0.891. The van der Waals surface area contributed by atoms with Crippen LogP contribution in [0.15, 0.2) is 6.07 Å². The zero-order valence-electron chi connectivity index (χ0n) is 11.6. The molecule has 1 aliphatic carbocycles. The molecular weight excluding hydrogens is 226 g/mol. The van der Waals surface area contributed by atoms with Crippen molar-refractivity contribution in [3.05, 3.63) is 11.8 Å². The van der Waals surface area contributed by atoms with Crippen molar-refractivity contribution in [2.24, 2.45) is 11.8 Å². The highest BCUT2D eigenvalue weighted by Gasteiger charge is 2.18. The molecule has 1 heterocycles. The predicted molar refractivity (Wildman–Crippen MR) is 72.9 cm³/mol. The van der Waals surface area contributed by atoms with Gasteiger partial charge in [0.25, 0.3) is 0 Å². The van der Waals surface area contributed by atoms with Crippen molar-refractivity contribution in [3.8, 4) is 5.88 Å². The zero-order chi connectivity index (χ0) is 13.0. The van der Waals surface area contributed by atoms with Gasteiger partial charge in [0, 0.05) is 18.3 Å². The maximum Gasteiger partial charge on any atom is 0.226 e. The molecule has 1 N–H and O–H groups in total. The van der Waals surface area contributed by atoms with Gasteiger partial charge < -0.3 is 10.1 Å². The van der Waals surface area contributed by atoms with Gasteiger partial charge in [0.05, 0.1) is 7.11 Å². The second-order valence-corrected chi connectivity index (χ2v) is 5.39. The Labute approximate surface area is 109 Å². The lowest BCUT2D eigenvalue weighted by atomic mass is 9.82. The van der Waals surface area contributed by atoms with Crippen molar-refractivity contribution >= 4 is 5.95 Å². The van der Waals surface area contributed by atoms with E-state index in [-0.39, 0.29) is 0 Å². The van der Waals surface area contributed by atoms with Crippen LogP contribution in [0.1, 0.15) is 38.3 Å². The Morgan fingerprint density at radius 2 is 2.22 bits per heavy atom. The number of methoxy groups -OCH3 is 1. The number of nitrogens with zero attached hydrogens (tertiary/aromatic N) is 2. The molecule has 1 aromatic heterocycles. The van der Waals surface area contributed by atoms with Gasteiger partial charge in [0.15, 0.2) is 0 Å². The van der Waals surface area contributed by atoms with Gasteiger partial charge in [-0.15, -0.1) is 0 Å². The summed E-state index contributed by atoms with van der Waals surface area (Å²) in [5.41, 5.74) is 0.932. The molecule has 2 rings (SSSR count). The fourth-order valence-electron chi connectivity index (χ4n) is 2.70. The minimum atomic E-state index is 0.627. The van der Waals surface area contributed by atoms with Gasteiger partial charge in [-0.1, -0.05) is 19.8 Å². The van der Waals surface area contributed by atoms with Crippen LogP contribution in [0.25, 0.3) is 0 Å². The molecule has 2 atom stereocenters. The minimum Gasteiger partial charge on any atom is -0.481 e. The van der Waals surface area contributed by atoms with Crippen LogP contribution >= 0.6 is 0 Å². The lowest BCUT2D eigenvalue weighted by Crippen LogP contribution is -2.21. The first-order chi connectivity index (χ1) is 8.67. The lowest BCUT2D eigenvalue weighted by Gasteiger charge is -2.26. The molecule has 4 nitrogen and oxygen atoms in total. The van der Waals surface area contributed by atoms with Crippen molar-refractivity contribution < 1.29 is 4.74 Å². The van der Waals surface area contributed by atoms with E-state index in [0.29, 0.717) is 11.8 Å². The van der Waals surface area contributed by atoms with Gasteiger partial charge >= 0.3 is 0 Å². The molecule has 18 heavy (non-hydrogen) atoms. The Morgan fingerprint density at radius 1 is 1.39 bits per heavy atom. The van der Waals surface area contributed by atoms with Gasteiger partial charge in [-0.05, 0) is 31.6 Å². The van der Waals surface area contributed by atoms with Crippen molar-refractivity contribution in [1.29, 1.82) is 0 Å². The molecule has 0 bridgehead atoms. The van der Waals surface area contributed by atoms with Gasteiger partial charge in [-0.3, -0.25) is 0 Å². The Bertz CT molecular complexity index is 395. The molecule has 0 spiro atoms. The number of ether oxygens (including phenoxy) is 1. The topological polar surface area (TPSA) is 47.0 Å². The third kappa shape index (κ3) is 3.59. The van der Waals surface area contributed by atoms with E-state index < -0.39 is 0 Å². The number of hydrogen-bond donors (Lipinski definition) is 1. The first-order valence-corrected chi connectivity index (χ1v) is 6.81. The average Bonchev–Trinajstić information content (AvgIpc) is 2.36. The Morgan fingerprint density at radius 3 is 2.94 bits per heavy atom. The summed E-state index contributed by atoms with van der Waals surface area (Å²) in [7, 11) is 1.63. The summed E-state index contributed by atoms with van der Waals surface area (Å²) in [6.07, 6.45) is 5.37. The van der Waals surface area contributed by atoms with Gasteiger partial charge in [-0.2, -0.15) is 4.98 Å². The van der Waals surface area contributed by atoms with Crippen LogP contribution in [0.3, 0.4) is 0 Å². The van der Waals surface area contributed by atoms with Crippen molar-refractivity contribution in [2.45, 2.75) is 39.5 Å². The maximum absolute atomic E-state index is 5.15. The first kappa shape index (κ1) is 13.1. The summed E-state index contributed by atoms with van der Waals surface area (Å²) in [6, 6.07) is 1.84. The van der Waals surface area contributed by atoms with Gasteiger partial charge in [0.1, 0.15) is 0 Å². The lowest BCUT2D eigenvalue weighted by molar-refractivity contribution is 0.293. The Hall–Kier alpha value is -1.32. The zero-order valence-corrected chi connectivity index (χ0v) is 11.6. The monoisotopic (exact) mass is 249 g/mol. The molecular formula is C14H23N3O. The van der Waals surface area contributed by atoms with E-state index >= 15 is 0 Å². The first-order valence-electron chi connectivity index (χ1n) is 6.81. The molecule has 0 aliphatic heterocycles. The molecule has 1 fully saturated rings. The molecule has 0 aromatic carbocycles. The molecule has 4 heteroatoms. The van der Waals surface area contributed by atoms with E-state index in [1.54, 1.807) is 7.11 Å². The fraction of sp³-hybridized carbons (Fsp3) is 0.714. The van der Waals surface area contributed by atoms with Crippen LogP contribution in [-0.4, -0.2) is 23.6 Å². The molecule has 2 unspecified atom stereocenters. The van der Waals surface area contributed by atoms with Crippen LogP contribution in [-0.2, 0) is 0 Å². The van der Waals surface area contributed by atoms with Crippen LogP contribution in [0.5, 0.6) is 5.88 Å². The van der Waals surface area contributed by atoms with Crippen molar-refractivity contribution in [3.63, 3.8) is 0 Å². The predicted octanol–water partition coefficient (Wildman–Crippen LogP) is 3.03. The molecule has 0 saturated heterocycles. The summed E-state index contributed by atoms with van der Waals surface area (Å²) in [6.45, 7) is 5.27. The third-order valence-corrected chi connectivity index (χ3v) is 3.63. The van der Waals surface area contributed by atoms with E-state index in [9.17, 15) is 0 Å². The minimum absolute atomic E-state index is 0.627. The largest absolute Gasteiger partial charge is 0.481 e. The summed E-state index contributed by atoms with van der Waals surface area (Å²) in [5, 5.41) is 3.35. The van der Waals surface area contributed by atoms with Crippen molar-refractivity contribution in [1.82, 2.24) is 9.97 Å². The molecule has 0 radical (unpaired) electrons. The molecule has 1 saturated carbocycles. The maximum atomic E-state index is 5.15. The van der Waals surface area contributed by atoms with Gasteiger partial charge in [-0.25, -0.2) is 4.98 Å². The van der Waals surface area contributed by atoms with E-state index in [1.165, 1.54) is 25.7 Å². The summed E-state index contributed by atoms with van der Waals surface area (Å²) < 4.78 is 5.15. The van der Waals surface area contributed by atoms with Crippen LogP contribution in [0.4, 0.5) is 5.95 Å². The third-order valence-electron chi connectivity index (χ3n) is 3.63. The van der Waals surface area contributed by atoms with E-state index in [4.69, 9.17) is 4.74 Å². The number of hydrogen-bond acceptors (Lipinski definition) is 4. The number of anilines is 1. The molecule has 100 valence electrons. The fourth-order valence-corrected chi connectivity index (χ4v) is 2.70. The summed E-state index contributed by atoms with van der Waals surface area (Å²) in [4.78, 5) is 8.69. The van der Waals surface area contributed by atoms with Crippen LogP contribution < -0.4 is 10.1 Å². The van der Waals surface area contributed by atoms with E-state index in [2.05, 4.69) is 22.2 Å². The highest BCUT2D eigenvalue weighted by Crippen LogP contribution is 2.28. The number of rotatable bonds is 4. The van der Waals surface area contributed by atoms with Gasteiger partial charge in [0.2, 0.25) is 11.8 Å². The second kappa shape index (κ2) is 6.03. The van der Waals surface area contributed by atoms with E-state index in [0.717, 1.165) is 24.1 Å². The number of aromatic nitrogens is 2. The SMILES string of the molecule is COc1cc(C)nc(NCC2CCCC(C)C2)n1. The second-order valence-electron chi connectivity index (χ2n) is 5.39. The molecule has 0 amide bonds. The molecule has 1 aromatic rings. The smallest absolute Gasteiger partial charge is 0.226 e. The number of aryl methyl sites for hydroxylation is 1. The normalized spacial score (nSPS) is 23.7. The average molecular weight is 249 g/mol. The van der Waals surface area contributed by atoms with Crippen LogP contribution in [0.2, 0.25) is 0 Å². The number of nitrogens with one attached hydrogen (secondary N) is 1. The van der Waals surface area contributed by atoms with Crippen molar-refractivity contribution in [2.75, 3.05) is 19.0 Å². The Kier molecular flexibility index (Phi) is 4.39. The van der Waals surface area contributed by atoms with Crippen LogP contribution in [0, 0.1) is 18.8 Å². The van der Waals surface area contributed by atoms with E-state index in [1.807, 2.05) is 13.0 Å². The highest BCUT2D eigenvalue weighted by molar-refractivity contribution is 5.30. The highest BCUT2D eigenvalue weighted by atomic mass is 16.5. The molecule has 1 aliphatic rings. The summed E-state index contributed by atoms with van der Waals surface area (Å²) in [5.74, 6) is 2.93. The Balaban J connectivity index is 1.91.